The molecular weight excluding hydrogens is 340 g/mol. The molecule has 0 radical (unpaired) electrons. The lowest BCUT2D eigenvalue weighted by Crippen LogP contribution is -2.14. The molecule has 22 heavy (non-hydrogen) atoms. The van der Waals surface area contributed by atoms with Crippen molar-refractivity contribution in [2.24, 2.45) is 0 Å². The van der Waals surface area contributed by atoms with Crippen molar-refractivity contribution in [2.45, 2.75) is 24.8 Å². The monoisotopic (exact) mass is 351 g/mol. The summed E-state index contributed by atoms with van der Waals surface area (Å²) in [7, 11) is -4.04. The average Bonchev–Trinajstić information content (AvgIpc) is 2.95. The number of carboxylic acid groups (broad SMARTS) is 1. The SMILES string of the molecule is Cc1sc(C(=O)O)cc1S(=O)(=O)Nc1ccn(CC(F)F)n1. The molecule has 7 nitrogen and oxygen atoms in total. The van der Waals surface area contributed by atoms with Gasteiger partial charge < -0.3 is 5.11 Å². The third-order valence-corrected chi connectivity index (χ3v) is 5.23. The number of nitrogens with one attached hydrogen (secondary N) is 1. The van der Waals surface area contributed by atoms with E-state index in [1.165, 1.54) is 19.2 Å². The van der Waals surface area contributed by atoms with Crippen molar-refractivity contribution in [3.8, 4) is 0 Å². The quantitative estimate of drug-likeness (QED) is 0.829. The Kier molecular flexibility index (Phi) is 4.47. The Morgan fingerprint density at radius 3 is 2.77 bits per heavy atom. The number of thiophene rings is 1. The summed E-state index contributed by atoms with van der Waals surface area (Å²) in [6, 6.07) is 2.28. The van der Waals surface area contributed by atoms with Crippen molar-refractivity contribution in [1.29, 1.82) is 0 Å². The Hall–Kier alpha value is -2.01. The first-order valence-electron chi connectivity index (χ1n) is 5.87. The summed E-state index contributed by atoms with van der Waals surface area (Å²) in [6.07, 6.45) is -1.39. The van der Waals surface area contributed by atoms with Crippen LogP contribution in [0.2, 0.25) is 0 Å². The fourth-order valence-corrected chi connectivity index (χ4v) is 4.12. The van der Waals surface area contributed by atoms with Crippen LogP contribution in [0.1, 0.15) is 14.5 Å². The number of rotatable bonds is 6. The molecule has 0 spiro atoms. The molecule has 2 aromatic rings. The molecule has 120 valence electrons. The van der Waals surface area contributed by atoms with E-state index in [-0.39, 0.29) is 15.6 Å². The zero-order valence-electron chi connectivity index (χ0n) is 11.2. The summed E-state index contributed by atoms with van der Waals surface area (Å²) in [5.74, 6) is -1.35. The van der Waals surface area contributed by atoms with Crippen LogP contribution in [-0.4, -0.2) is 35.7 Å². The lowest BCUT2D eigenvalue weighted by molar-refractivity contribution is 0.0702. The lowest BCUT2D eigenvalue weighted by atomic mass is 10.4. The predicted molar refractivity (Wildman–Crippen MR) is 75.1 cm³/mol. The molecular formula is C11H11F2N3O4S2. The van der Waals surface area contributed by atoms with Crippen LogP contribution in [0.5, 0.6) is 0 Å². The summed E-state index contributed by atoms with van der Waals surface area (Å²) < 4.78 is 51.8. The number of carbonyl (C=O) groups is 1. The highest BCUT2D eigenvalue weighted by molar-refractivity contribution is 7.93. The van der Waals surface area contributed by atoms with Crippen LogP contribution in [-0.2, 0) is 16.6 Å². The zero-order valence-corrected chi connectivity index (χ0v) is 12.8. The number of nitrogens with zero attached hydrogens (tertiary/aromatic N) is 2. The molecule has 0 fully saturated rings. The van der Waals surface area contributed by atoms with Crippen LogP contribution < -0.4 is 4.72 Å². The number of sulfonamides is 1. The van der Waals surface area contributed by atoms with Crippen LogP contribution in [0.15, 0.2) is 23.2 Å². The molecule has 0 bridgehead atoms. The third kappa shape index (κ3) is 3.60. The Bertz CT molecular complexity index is 798. The Balaban J connectivity index is 2.24. The van der Waals surface area contributed by atoms with Crippen LogP contribution in [0.3, 0.4) is 0 Å². The molecule has 0 unspecified atom stereocenters. The molecule has 0 aliphatic heterocycles. The number of halogens is 2. The molecule has 11 heteroatoms. The van der Waals surface area contributed by atoms with Crippen molar-refractivity contribution in [2.75, 3.05) is 4.72 Å². The minimum Gasteiger partial charge on any atom is -0.477 e. The van der Waals surface area contributed by atoms with Crippen molar-refractivity contribution < 1.29 is 27.1 Å². The van der Waals surface area contributed by atoms with Gasteiger partial charge in [-0.1, -0.05) is 0 Å². The first kappa shape index (κ1) is 16.4. The number of alkyl halides is 2. The molecule has 2 heterocycles. The fourth-order valence-electron chi connectivity index (χ4n) is 1.69. The highest BCUT2D eigenvalue weighted by atomic mass is 32.2. The van der Waals surface area contributed by atoms with Gasteiger partial charge in [0.15, 0.2) is 5.82 Å². The maximum absolute atomic E-state index is 12.2. The Labute approximate surface area is 128 Å². The van der Waals surface area contributed by atoms with Gasteiger partial charge in [0.1, 0.15) is 16.3 Å². The van der Waals surface area contributed by atoms with E-state index >= 15 is 0 Å². The maximum atomic E-state index is 12.2. The topological polar surface area (TPSA) is 101 Å². The molecule has 0 saturated heterocycles. The molecule has 2 aromatic heterocycles. The van der Waals surface area contributed by atoms with Gasteiger partial charge in [-0.2, -0.15) is 5.10 Å². The number of aromatic carboxylic acids is 1. The van der Waals surface area contributed by atoms with E-state index in [9.17, 15) is 22.0 Å². The first-order chi connectivity index (χ1) is 10.2. The molecule has 0 amide bonds. The van der Waals surface area contributed by atoms with Crippen molar-refractivity contribution >= 4 is 33.1 Å². The zero-order chi connectivity index (χ0) is 16.5. The van der Waals surface area contributed by atoms with E-state index < -0.39 is 29.0 Å². The minimum absolute atomic E-state index is 0.110. The molecule has 0 atom stereocenters. The fraction of sp³-hybridized carbons (Fsp3) is 0.273. The van der Waals surface area contributed by atoms with E-state index in [0.29, 0.717) is 4.88 Å². The third-order valence-electron chi connectivity index (χ3n) is 2.58. The van der Waals surface area contributed by atoms with Gasteiger partial charge in [-0.15, -0.1) is 11.3 Å². The van der Waals surface area contributed by atoms with Gasteiger partial charge in [0.2, 0.25) is 0 Å². The average molecular weight is 351 g/mol. The molecule has 0 aliphatic rings. The van der Waals surface area contributed by atoms with Crippen molar-refractivity contribution in [3.05, 3.63) is 28.1 Å². The van der Waals surface area contributed by atoms with E-state index in [0.717, 1.165) is 22.1 Å². The summed E-state index contributed by atoms with van der Waals surface area (Å²) in [5.41, 5.74) is 0. The first-order valence-corrected chi connectivity index (χ1v) is 8.17. The summed E-state index contributed by atoms with van der Waals surface area (Å²) in [6.45, 7) is 0.823. The summed E-state index contributed by atoms with van der Waals surface area (Å²) >= 11 is 0.830. The summed E-state index contributed by atoms with van der Waals surface area (Å²) in [4.78, 5) is 10.9. The van der Waals surface area contributed by atoms with Gasteiger partial charge in [0.25, 0.3) is 16.4 Å². The van der Waals surface area contributed by atoms with Gasteiger partial charge in [0, 0.05) is 17.1 Å². The van der Waals surface area contributed by atoms with Crippen molar-refractivity contribution in [1.82, 2.24) is 9.78 Å². The number of carboxylic acids is 1. The largest absolute Gasteiger partial charge is 0.477 e. The number of anilines is 1. The van der Waals surface area contributed by atoms with Crippen molar-refractivity contribution in [3.63, 3.8) is 0 Å². The smallest absolute Gasteiger partial charge is 0.345 e. The standard InChI is InChI=1S/C11H11F2N3O4S2/c1-6-8(4-7(21-6)11(17)18)22(19,20)15-10-2-3-16(14-10)5-9(12)13/h2-4,9H,5H2,1H3,(H,14,15)(H,17,18). The van der Waals surface area contributed by atoms with E-state index in [2.05, 4.69) is 9.82 Å². The van der Waals surface area contributed by atoms with E-state index in [1.54, 1.807) is 0 Å². The van der Waals surface area contributed by atoms with Gasteiger partial charge in [-0.25, -0.2) is 22.0 Å². The molecule has 2 N–H and O–H groups in total. The normalized spacial score (nSPS) is 11.8. The van der Waals surface area contributed by atoms with E-state index in [1.807, 2.05) is 0 Å². The molecule has 0 saturated carbocycles. The second-order valence-corrected chi connectivity index (χ2v) is 7.16. The number of aromatic nitrogens is 2. The van der Waals surface area contributed by atoms with Gasteiger partial charge in [0.05, 0.1) is 0 Å². The molecule has 2 rings (SSSR count). The maximum Gasteiger partial charge on any atom is 0.345 e. The molecule has 0 aliphatic carbocycles. The lowest BCUT2D eigenvalue weighted by Gasteiger charge is -2.04. The molecule has 0 aromatic carbocycles. The Morgan fingerprint density at radius 1 is 1.55 bits per heavy atom. The van der Waals surface area contributed by atoms with Gasteiger partial charge >= 0.3 is 5.97 Å². The second kappa shape index (κ2) is 6.01. The van der Waals surface area contributed by atoms with Crippen LogP contribution in [0.4, 0.5) is 14.6 Å². The highest BCUT2D eigenvalue weighted by Gasteiger charge is 2.23. The van der Waals surface area contributed by atoms with Crippen LogP contribution >= 0.6 is 11.3 Å². The minimum atomic E-state index is -4.04. The van der Waals surface area contributed by atoms with Crippen LogP contribution in [0.25, 0.3) is 0 Å². The Morgan fingerprint density at radius 2 is 2.23 bits per heavy atom. The van der Waals surface area contributed by atoms with Crippen LogP contribution in [0, 0.1) is 6.92 Å². The summed E-state index contributed by atoms with van der Waals surface area (Å²) in [5, 5.41) is 12.5. The van der Waals surface area contributed by atoms with E-state index in [4.69, 9.17) is 5.11 Å². The van der Waals surface area contributed by atoms with Gasteiger partial charge in [-0.05, 0) is 13.0 Å². The predicted octanol–water partition coefficient (Wildman–Crippen LogP) is 2.02. The second-order valence-electron chi connectivity index (χ2n) is 4.26. The number of hydrogen-bond acceptors (Lipinski definition) is 5. The number of hydrogen-bond donors (Lipinski definition) is 2. The van der Waals surface area contributed by atoms with Gasteiger partial charge in [-0.3, -0.25) is 9.40 Å². The number of aryl methyl sites for hydroxylation is 1. The highest BCUT2D eigenvalue weighted by Crippen LogP contribution is 2.27.